The van der Waals surface area contributed by atoms with Gasteiger partial charge in [0.1, 0.15) is 0 Å². The van der Waals surface area contributed by atoms with Gasteiger partial charge in [-0.15, -0.1) is 0 Å². The lowest BCUT2D eigenvalue weighted by atomic mass is 9.93. The molecule has 1 N–H and O–H groups in total. The summed E-state index contributed by atoms with van der Waals surface area (Å²) in [5.74, 6) is 0.726. The van der Waals surface area contributed by atoms with Gasteiger partial charge < -0.3 is 5.32 Å². The number of benzene rings is 1. The van der Waals surface area contributed by atoms with E-state index in [1.807, 2.05) is 6.07 Å². The van der Waals surface area contributed by atoms with Crippen LogP contribution in [0.4, 0.5) is 0 Å². The van der Waals surface area contributed by atoms with Crippen LogP contribution in [0, 0.1) is 5.92 Å². The molecule has 1 aromatic rings. The van der Waals surface area contributed by atoms with E-state index in [1.54, 1.807) is 0 Å². The third-order valence-electron chi connectivity index (χ3n) is 4.12. The van der Waals surface area contributed by atoms with Crippen LogP contribution in [0.5, 0.6) is 0 Å². The number of hydrogen-bond acceptors (Lipinski definition) is 1. The van der Waals surface area contributed by atoms with Crippen LogP contribution < -0.4 is 5.32 Å². The second-order valence-corrected chi connectivity index (χ2v) is 6.60. The highest BCUT2D eigenvalue weighted by Gasteiger charge is 2.09. The van der Waals surface area contributed by atoms with Crippen LogP contribution in [0.3, 0.4) is 0 Å². The van der Waals surface area contributed by atoms with Gasteiger partial charge in [0.25, 0.3) is 0 Å². The number of nitrogens with one attached hydrogen (secondary N) is 1. The van der Waals surface area contributed by atoms with Crippen molar-refractivity contribution in [2.75, 3.05) is 13.6 Å². The van der Waals surface area contributed by atoms with Crippen LogP contribution in [0.15, 0.2) is 24.3 Å². The maximum absolute atomic E-state index is 6.08. The minimum absolute atomic E-state index is 0.726. The molecular formula is C19H32ClN. The van der Waals surface area contributed by atoms with Crippen LogP contribution in [-0.4, -0.2) is 13.6 Å². The molecule has 1 aromatic carbocycles. The summed E-state index contributed by atoms with van der Waals surface area (Å²) in [7, 11) is 2.05. The first-order valence-corrected chi connectivity index (χ1v) is 9.03. The smallest absolute Gasteiger partial charge is 0.0408 e. The molecule has 0 radical (unpaired) electrons. The van der Waals surface area contributed by atoms with Gasteiger partial charge in [0.2, 0.25) is 0 Å². The van der Waals surface area contributed by atoms with E-state index in [9.17, 15) is 0 Å². The molecule has 1 atom stereocenters. The molecule has 0 amide bonds. The predicted octanol–water partition coefficient (Wildman–Crippen LogP) is 5.86. The third kappa shape index (κ3) is 9.16. The first kappa shape index (κ1) is 18.5. The van der Waals surface area contributed by atoms with Gasteiger partial charge in [-0.1, -0.05) is 75.6 Å². The van der Waals surface area contributed by atoms with Gasteiger partial charge in [0, 0.05) is 5.02 Å². The van der Waals surface area contributed by atoms with Crippen molar-refractivity contribution in [2.45, 2.75) is 64.7 Å². The molecular weight excluding hydrogens is 278 g/mol. The fourth-order valence-corrected chi connectivity index (χ4v) is 3.17. The number of rotatable bonds is 12. The van der Waals surface area contributed by atoms with E-state index in [1.165, 1.54) is 56.9 Å². The van der Waals surface area contributed by atoms with Crippen LogP contribution in [-0.2, 0) is 6.42 Å². The van der Waals surface area contributed by atoms with E-state index in [0.717, 1.165) is 23.9 Å². The zero-order valence-corrected chi connectivity index (χ0v) is 14.6. The van der Waals surface area contributed by atoms with Crippen molar-refractivity contribution >= 4 is 11.6 Å². The molecule has 1 nitrogen and oxygen atoms in total. The molecule has 2 heteroatoms. The largest absolute Gasteiger partial charge is 0.319 e. The van der Waals surface area contributed by atoms with Gasteiger partial charge in [-0.05, 0) is 50.0 Å². The summed E-state index contributed by atoms with van der Waals surface area (Å²) >= 11 is 6.08. The molecule has 0 aliphatic heterocycles. The first-order valence-electron chi connectivity index (χ1n) is 8.65. The van der Waals surface area contributed by atoms with Crippen molar-refractivity contribution in [1.29, 1.82) is 0 Å². The quantitative estimate of drug-likeness (QED) is 0.477. The second kappa shape index (κ2) is 12.1. The summed E-state index contributed by atoms with van der Waals surface area (Å²) in [4.78, 5) is 0. The second-order valence-electron chi connectivity index (χ2n) is 6.17. The lowest BCUT2D eigenvalue weighted by molar-refractivity contribution is 0.432. The number of unbranched alkanes of at least 4 members (excludes halogenated alkanes) is 6. The Kier molecular flexibility index (Phi) is 10.6. The van der Waals surface area contributed by atoms with Crippen LogP contribution in [0.25, 0.3) is 0 Å². The zero-order chi connectivity index (χ0) is 15.3. The molecule has 0 saturated carbocycles. The molecule has 0 fully saturated rings. The molecule has 21 heavy (non-hydrogen) atoms. The minimum atomic E-state index is 0.726. The highest BCUT2D eigenvalue weighted by Crippen LogP contribution is 2.19. The van der Waals surface area contributed by atoms with Crippen LogP contribution in [0.2, 0.25) is 5.02 Å². The van der Waals surface area contributed by atoms with Crippen LogP contribution >= 0.6 is 11.6 Å². The molecule has 0 heterocycles. The Labute approximate surface area is 136 Å². The summed E-state index contributed by atoms with van der Waals surface area (Å²) in [6.45, 7) is 3.38. The van der Waals surface area contributed by atoms with Gasteiger partial charge in [-0.3, -0.25) is 0 Å². The third-order valence-corrected chi connectivity index (χ3v) is 4.36. The average Bonchev–Trinajstić information content (AvgIpc) is 2.46. The molecule has 1 rings (SSSR count). The molecule has 0 saturated heterocycles. The number of hydrogen-bond donors (Lipinski definition) is 1. The molecule has 0 aliphatic rings. The van der Waals surface area contributed by atoms with Crippen molar-refractivity contribution in [1.82, 2.24) is 5.32 Å². The topological polar surface area (TPSA) is 12.0 Å². The van der Waals surface area contributed by atoms with Gasteiger partial charge in [-0.25, -0.2) is 0 Å². The lowest BCUT2D eigenvalue weighted by Crippen LogP contribution is -2.20. The normalized spacial score (nSPS) is 12.5. The molecule has 0 bridgehead atoms. The highest BCUT2D eigenvalue weighted by molar-refractivity contribution is 6.30. The summed E-state index contributed by atoms with van der Waals surface area (Å²) in [6, 6.07) is 8.31. The fourth-order valence-electron chi connectivity index (χ4n) is 2.95. The number of halogens is 1. The van der Waals surface area contributed by atoms with Crippen molar-refractivity contribution in [3.63, 3.8) is 0 Å². The summed E-state index contributed by atoms with van der Waals surface area (Å²) < 4.78 is 0. The maximum Gasteiger partial charge on any atom is 0.0408 e. The molecule has 120 valence electrons. The van der Waals surface area contributed by atoms with Gasteiger partial charge in [-0.2, -0.15) is 0 Å². The van der Waals surface area contributed by atoms with Gasteiger partial charge in [0.05, 0.1) is 0 Å². The van der Waals surface area contributed by atoms with Gasteiger partial charge >= 0.3 is 0 Å². The SMILES string of the molecule is CCCCCCCCCC(CNC)Cc1cccc(Cl)c1. The Morgan fingerprint density at radius 3 is 2.43 bits per heavy atom. The minimum Gasteiger partial charge on any atom is -0.319 e. The van der Waals surface area contributed by atoms with Crippen molar-refractivity contribution in [2.24, 2.45) is 5.92 Å². The summed E-state index contributed by atoms with van der Waals surface area (Å²) in [5, 5.41) is 4.19. The molecule has 0 spiro atoms. The summed E-state index contributed by atoms with van der Waals surface area (Å²) in [6.07, 6.45) is 12.2. The van der Waals surface area contributed by atoms with E-state index in [2.05, 4.69) is 37.5 Å². The monoisotopic (exact) mass is 309 g/mol. The van der Waals surface area contributed by atoms with Crippen molar-refractivity contribution in [3.05, 3.63) is 34.9 Å². The van der Waals surface area contributed by atoms with Gasteiger partial charge in [0.15, 0.2) is 0 Å². The Morgan fingerprint density at radius 1 is 1.05 bits per heavy atom. The zero-order valence-electron chi connectivity index (χ0n) is 13.8. The lowest BCUT2D eigenvalue weighted by Gasteiger charge is -2.16. The van der Waals surface area contributed by atoms with Crippen molar-refractivity contribution < 1.29 is 0 Å². The Balaban J connectivity index is 2.23. The van der Waals surface area contributed by atoms with E-state index in [0.29, 0.717) is 0 Å². The molecule has 1 unspecified atom stereocenters. The predicted molar refractivity (Wildman–Crippen MR) is 95.2 cm³/mol. The first-order chi connectivity index (χ1) is 10.3. The fraction of sp³-hybridized carbons (Fsp3) is 0.684. The van der Waals surface area contributed by atoms with Crippen molar-refractivity contribution in [3.8, 4) is 0 Å². The Morgan fingerprint density at radius 2 is 1.76 bits per heavy atom. The summed E-state index contributed by atoms with van der Waals surface area (Å²) in [5.41, 5.74) is 1.37. The van der Waals surface area contributed by atoms with E-state index < -0.39 is 0 Å². The Bertz CT molecular complexity index is 364. The van der Waals surface area contributed by atoms with Crippen LogP contribution in [0.1, 0.15) is 63.9 Å². The average molecular weight is 310 g/mol. The van der Waals surface area contributed by atoms with E-state index in [-0.39, 0.29) is 0 Å². The standard InChI is InChI=1S/C19H32ClN/c1-3-4-5-6-7-8-9-11-18(16-21-2)14-17-12-10-13-19(20)15-17/h10,12-13,15,18,21H,3-9,11,14,16H2,1-2H3. The highest BCUT2D eigenvalue weighted by atomic mass is 35.5. The molecule has 0 aliphatic carbocycles. The molecule has 0 aromatic heterocycles. The van der Waals surface area contributed by atoms with E-state index in [4.69, 9.17) is 11.6 Å². The Hall–Kier alpha value is -0.530. The van der Waals surface area contributed by atoms with E-state index >= 15 is 0 Å². The maximum atomic E-state index is 6.08.